The van der Waals surface area contributed by atoms with Crippen molar-refractivity contribution in [1.29, 1.82) is 0 Å². The standard InChI is InChI=1S/C19H16ClN5O2S2/c1-9-6-15-23-24-19(25(15)14-5-4-12(20)7-13(9)14)28-8-16(27)22-18-21-10(2)17(29-18)11(3)26/h4-7H,8H2,1-3H3,(H,21,22,27). The van der Waals surface area contributed by atoms with Crippen molar-refractivity contribution >= 4 is 68.1 Å². The lowest BCUT2D eigenvalue weighted by Crippen LogP contribution is -2.14. The van der Waals surface area contributed by atoms with Crippen LogP contribution in [0.2, 0.25) is 5.02 Å². The molecule has 0 aliphatic carbocycles. The van der Waals surface area contributed by atoms with Crippen LogP contribution in [-0.4, -0.2) is 37.0 Å². The number of nitrogens with zero attached hydrogens (tertiary/aromatic N) is 4. The molecule has 0 saturated carbocycles. The van der Waals surface area contributed by atoms with Crippen molar-refractivity contribution in [3.8, 4) is 0 Å². The zero-order valence-electron chi connectivity index (χ0n) is 15.8. The van der Waals surface area contributed by atoms with Gasteiger partial charge >= 0.3 is 0 Å². The number of Topliss-reactive ketones (excluding diaryl/α,β-unsaturated/α-hetero) is 1. The van der Waals surface area contributed by atoms with E-state index in [0.29, 0.717) is 31.5 Å². The Labute approximate surface area is 179 Å². The number of nitrogens with one attached hydrogen (secondary N) is 1. The number of thioether (sulfide) groups is 1. The van der Waals surface area contributed by atoms with Crippen molar-refractivity contribution in [2.75, 3.05) is 11.1 Å². The monoisotopic (exact) mass is 445 g/mol. The number of anilines is 1. The van der Waals surface area contributed by atoms with Gasteiger partial charge in [-0.1, -0.05) is 34.7 Å². The van der Waals surface area contributed by atoms with Crippen molar-refractivity contribution in [3.05, 3.63) is 45.4 Å². The van der Waals surface area contributed by atoms with Crippen molar-refractivity contribution in [3.63, 3.8) is 0 Å². The summed E-state index contributed by atoms with van der Waals surface area (Å²) in [6.07, 6.45) is 0. The molecule has 4 aromatic rings. The summed E-state index contributed by atoms with van der Waals surface area (Å²) in [6, 6.07) is 7.59. The van der Waals surface area contributed by atoms with Gasteiger partial charge in [0.25, 0.3) is 0 Å². The summed E-state index contributed by atoms with van der Waals surface area (Å²) in [4.78, 5) is 28.7. The summed E-state index contributed by atoms with van der Waals surface area (Å²) in [5.74, 6) is -0.153. The molecule has 0 atom stereocenters. The average molecular weight is 446 g/mol. The molecule has 3 heterocycles. The van der Waals surface area contributed by atoms with E-state index >= 15 is 0 Å². The molecule has 10 heteroatoms. The van der Waals surface area contributed by atoms with Gasteiger partial charge in [0.15, 0.2) is 21.7 Å². The fourth-order valence-corrected chi connectivity index (χ4v) is 4.85. The van der Waals surface area contributed by atoms with E-state index in [4.69, 9.17) is 11.6 Å². The molecule has 1 aromatic carbocycles. The van der Waals surface area contributed by atoms with E-state index in [1.54, 1.807) is 6.92 Å². The van der Waals surface area contributed by atoms with Crippen molar-refractivity contribution in [2.24, 2.45) is 0 Å². The lowest BCUT2D eigenvalue weighted by Gasteiger charge is -2.08. The second-order valence-electron chi connectivity index (χ2n) is 6.49. The lowest BCUT2D eigenvalue weighted by atomic mass is 10.1. The second-order valence-corrected chi connectivity index (χ2v) is 8.87. The van der Waals surface area contributed by atoms with E-state index in [1.165, 1.54) is 30.0 Å². The molecule has 0 fully saturated rings. The number of thiazole rings is 1. The normalized spacial score (nSPS) is 11.3. The lowest BCUT2D eigenvalue weighted by molar-refractivity contribution is -0.113. The molecule has 29 heavy (non-hydrogen) atoms. The number of fused-ring (bicyclic) bond motifs is 3. The Morgan fingerprint density at radius 2 is 2.03 bits per heavy atom. The number of carbonyl (C=O) groups excluding carboxylic acids is 2. The van der Waals surface area contributed by atoms with Gasteiger partial charge in [-0.3, -0.25) is 14.0 Å². The van der Waals surface area contributed by atoms with E-state index in [0.717, 1.165) is 16.5 Å². The number of hydrogen-bond acceptors (Lipinski definition) is 7. The minimum Gasteiger partial charge on any atom is -0.301 e. The van der Waals surface area contributed by atoms with Crippen LogP contribution >= 0.6 is 34.7 Å². The molecule has 1 N–H and O–H groups in total. The van der Waals surface area contributed by atoms with Gasteiger partial charge in [-0.2, -0.15) is 0 Å². The summed E-state index contributed by atoms with van der Waals surface area (Å²) in [5.41, 5.74) is 3.31. The van der Waals surface area contributed by atoms with Gasteiger partial charge in [-0.25, -0.2) is 4.98 Å². The minimum atomic E-state index is -0.227. The van der Waals surface area contributed by atoms with Crippen molar-refractivity contribution in [2.45, 2.75) is 25.9 Å². The van der Waals surface area contributed by atoms with Gasteiger partial charge in [0.05, 0.1) is 21.8 Å². The van der Waals surface area contributed by atoms with Gasteiger partial charge in [0, 0.05) is 17.3 Å². The molecule has 4 rings (SSSR count). The van der Waals surface area contributed by atoms with Crippen LogP contribution in [0.25, 0.3) is 16.6 Å². The third-order valence-corrected chi connectivity index (χ3v) is 6.66. The smallest absolute Gasteiger partial charge is 0.236 e. The number of hydrogen-bond donors (Lipinski definition) is 1. The fraction of sp³-hybridized carbons (Fsp3) is 0.211. The molecule has 0 unspecified atom stereocenters. The average Bonchev–Trinajstić information content (AvgIpc) is 3.23. The summed E-state index contributed by atoms with van der Waals surface area (Å²) in [6.45, 7) is 5.23. The first-order chi connectivity index (χ1) is 13.8. The Morgan fingerprint density at radius 3 is 2.76 bits per heavy atom. The van der Waals surface area contributed by atoms with Gasteiger partial charge in [0.2, 0.25) is 5.91 Å². The molecule has 0 aliphatic rings. The third-order valence-electron chi connectivity index (χ3n) is 4.32. The Bertz CT molecular complexity index is 1280. The molecular weight excluding hydrogens is 430 g/mol. The highest BCUT2D eigenvalue weighted by Crippen LogP contribution is 2.28. The minimum absolute atomic E-state index is 0.0629. The number of pyridine rings is 1. The van der Waals surface area contributed by atoms with E-state index in [9.17, 15) is 9.59 Å². The molecule has 1 amide bonds. The Kier molecular flexibility index (Phi) is 5.28. The first-order valence-electron chi connectivity index (χ1n) is 8.68. The highest BCUT2D eigenvalue weighted by molar-refractivity contribution is 7.99. The predicted molar refractivity (Wildman–Crippen MR) is 116 cm³/mol. The second kappa shape index (κ2) is 7.74. The number of amides is 1. The first-order valence-corrected chi connectivity index (χ1v) is 10.9. The number of halogens is 1. The number of ketones is 1. The maximum absolute atomic E-state index is 12.4. The topological polar surface area (TPSA) is 89.2 Å². The van der Waals surface area contributed by atoms with Gasteiger partial charge in [-0.15, -0.1) is 10.2 Å². The zero-order chi connectivity index (χ0) is 20.7. The summed E-state index contributed by atoms with van der Waals surface area (Å²) in [7, 11) is 0. The highest BCUT2D eigenvalue weighted by atomic mass is 35.5. The molecule has 7 nitrogen and oxygen atoms in total. The number of aryl methyl sites for hydroxylation is 2. The third kappa shape index (κ3) is 3.85. The van der Waals surface area contributed by atoms with Crippen LogP contribution in [-0.2, 0) is 4.79 Å². The predicted octanol–water partition coefficient (Wildman–Crippen LogP) is 4.54. The molecular formula is C19H16ClN5O2S2. The van der Waals surface area contributed by atoms with Crippen LogP contribution in [0.5, 0.6) is 0 Å². The van der Waals surface area contributed by atoms with Crippen molar-refractivity contribution < 1.29 is 9.59 Å². The largest absolute Gasteiger partial charge is 0.301 e. The maximum atomic E-state index is 12.4. The van der Waals surface area contributed by atoms with E-state index in [1.807, 2.05) is 35.6 Å². The number of aromatic nitrogens is 4. The molecule has 148 valence electrons. The van der Waals surface area contributed by atoms with Gasteiger partial charge in [-0.05, 0) is 43.7 Å². The Morgan fingerprint density at radius 1 is 1.24 bits per heavy atom. The molecule has 0 saturated heterocycles. The first kappa shape index (κ1) is 19.8. The fourth-order valence-electron chi connectivity index (χ4n) is 3.05. The molecule has 3 aromatic heterocycles. The van der Waals surface area contributed by atoms with Crippen molar-refractivity contribution in [1.82, 2.24) is 19.6 Å². The van der Waals surface area contributed by atoms with Gasteiger partial charge < -0.3 is 5.32 Å². The number of rotatable bonds is 5. The van der Waals surface area contributed by atoms with Crippen LogP contribution in [0.15, 0.2) is 29.4 Å². The van der Waals surface area contributed by atoms with Crippen LogP contribution in [0, 0.1) is 13.8 Å². The molecule has 0 radical (unpaired) electrons. The summed E-state index contributed by atoms with van der Waals surface area (Å²) < 4.78 is 1.91. The zero-order valence-corrected chi connectivity index (χ0v) is 18.2. The van der Waals surface area contributed by atoms with E-state index in [2.05, 4.69) is 20.5 Å². The summed E-state index contributed by atoms with van der Waals surface area (Å²) >= 11 is 8.60. The highest BCUT2D eigenvalue weighted by Gasteiger charge is 2.16. The molecule has 0 spiro atoms. The summed E-state index contributed by atoms with van der Waals surface area (Å²) in [5, 5.41) is 13.9. The molecule has 0 bridgehead atoms. The Balaban J connectivity index is 1.56. The maximum Gasteiger partial charge on any atom is 0.236 e. The number of carbonyl (C=O) groups is 2. The van der Waals surface area contributed by atoms with Crippen LogP contribution in [0.4, 0.5) is 5.13 Å². The van der Waals surface area contributed by atoms with Crippen LogP contribution in [0.1, 0.15) is 27.9 Å². The van der Waals surface area contributed by atoms with Crippen LogP contribution in [0.3, 0.4) is 0 Å². The van der Waals surface area contributed by atoms with E-state index in [-0.39, 0.29) is 17.4 Å². The SMILES string of the molecule is CC(=O)c1sc(NC(=O)CSc2nnc3cc(C)c4cc(Cl)ccc4n23)nc1C. The number of benzene rings is 1. The molecule has 0 aliphatic heterocycles. The van der Waals surface area contributed by atoms with Crippen LogP contribution < -0.4 is 5.32 Å². The van der Waals surface area contributed by atoms with E-state index < -0.39 is 0 Å². The quantitative estimate of drug-likeness (QED) is 0.358. The Hall–Kier alpha value is -2.49. The van der Waals surface area contributed by atoms with Gasteiger partial charge in [0.1, 0.15) is 0 Å².